The lowest BCUT2D eigenvalue weighted by atomic mass is 9.93. The molecule has 31 heavy (non-hydrogen) atoms. The van der Waals surface area contributed by atoms with E-state index >= 15 is 0 Å². The van der Waals surface area contributed by atoms with Crippen LogP contribution in [0.3, 0.4) is 0 Å². The number of methoxy groups -OCH3 is 1. The third-order valence-corrected chi connectivity index (χ3v) is 5.80. The Hall–Kier alpha value is -3.10. The standard InChI is InChI=1S/C23H26N6O2/c1-30-13-14-31-17-6-4-16(5-7-17)26-23-25-15-22-18(10-12-29(22)28-23)19-8-9-20-21(27-19)3-2-11-24-20/h2-3,8-12,15-17H,4-7,13-14H2,1H3,(H,26,28)/t16-,17-. The van der Waals surface area contributed by atoms with Crippen LogP contribution in [0.4, 0.5) is 5.95 Å². The number of anilines is 1. The molecule has 0 atom stereocenters. The smallest absolute Gasteiger partial charge is 0.241 e. The maximum atomic E-state index is 5.85. The second kappa shape index (κ2) is 8.95. The van der Waals surface area contributed by atoms with Crippen molar-refractivity contribution in [2.45, 2.75) is 37.8 Å². The molecule has 4 aromatic rings. The van der Waals surface area contributed by atoms with Gasteiger partial charge in [0.05, 0.1) is 47.8 Å². The lowest BCUT2D eigenvalue weighted by molar-refractivity contribution is -0.00158. The maximum absolute atomic E-state index is 5.85. The van der Waals surface area contributed by atoms with Crippen LogP contribution in [0.15, 0.2) is 48.9 Å². The summed E-state index contributed by atoms with van der Waals surface area (Å²) in [6.45, 7) is 1.31. The first-order valence-electron chi connectivity index (χ1n) is 10.7. The average molecular weight is 419 g/mol. The van der Waals surface area contributed by atoms with E-state index in [0.717, 1.165) is 53.5 Å². The molecule has 0 aromatic carbocycles. The highest BCUT2D eigenvalue weighted by Crippen LogP contribution is 2.26. The average Bonchev–Trinajstić information content (AvgIpc) is 3.23. The summed E-state index contributed by atoms with van der Waals surface area (Å²) in [4.78, 5) is 13.7. The number of ether oxygens (including phenoxy) is 2. The molecule has 0 amide bonds. The number of rotatable bonds is 7. The van der Waals surface area contributed by atoms with Crippen molar-refractivity contribution in [1.29, 1.82) is 0 Å². The molecule has 1 aliphatic rings. The second-order valence-corrected chi connectivity index (χ2v) is 7.86. The van der Waals surface area contributed by atoms with Crippen molar-refractivity contribution < 1.29 is 9.47 Å². The maximum Gasteiger partial charge on any atom is 0.241 e. The number of hydrogen-bond donors (Lipinski definition) is 1. The Bertz CT molecular complexity index is 1170. The molecule has 8 heteroatoms. The Morgan fingerprint density at radius 3 is 2.81 bits per heavy atom. The molecule has 5 rings (SSSR count). The van der Waals surface area contributed by atoms with E-state index in [9.17, 15) is 0 Å². The summed E-state index contributed by atoms with van der Waals surface area (Å²) in [7, 11) is 1.70. The first kappa shape index (κ1) is 19.8. The van der Waals surface area contributed by atoms with Crippen LogP contribution in [-0.2, 0) is 9.47 Å². The highest BCUT2D eigenvalue weighted by atomic mass is 16.5. The van der Waals surface area contributed by atoms with Gasteiger partial charge in [0.25, 0.3) is 0 Å². The van der Waals surface area contributed by atoms with Gasteiger partial charge in [-0.25, -0.2) is 14.5 Å². The van der Waals surface area contributed by atoms with E-state index in [-0.39, 0.29) is 0 Å². The zero-order chi connectivity index (χ0) is 21.0. The molecule has 1 fully saturated rings. The number of aromatic nitrogens is 5. The van der Waals surface area contributed by atoms with Crippen LogP contribution in [0.5, 0.6) is 0 Å². The zero-order valence-corrected chi connectivity index (χ0v) is 17.6. The number of fused-ring (bicyclic) bond motifs is 2. The van der Waals surface area contributed by atoms with Crippen molar-refractivity contribution in [3.8, 4) is 11.3 Å². The monoisotopic (exact) mass is 418 g/mol. The minimum atomic E-state index is 0.327. The SMILES string of the molecule is COCCO[C@H]1CC[C@H](Nc2ncc3c(-c4ccc5ncccc5n4)ccn3n2)CC1. The molecule has 0 bridgehead atoms. The van der Waals surface area contributed by atoms with Gasteiger partial charge in [-0.2, -0.15) is 0 Å². The van der Waals surface area contributed by atoms with E-state index in [0.29, 0.717) is 31.3 Å². The predicted octanol–water partition coefficient (Wildman–Crippen LogP) is 3.73. The summed E-state index contributed by atoms with van der Waals surface area (Å²) in [5, 5.41) is 8.15. The van der Waals surface area contributed by atoms with Gasteiger partial charge in [-0.05, 0) is 56.0 Å². The highest BCUT2D eigenvalue weighted by molar-refractivity contribution is 5.83. The van der Waals surface area contributed by atoms with E-state index in [1.165, 1.54) is 0 Å². The van der Waals surface area contributed by atoms with E-state index in [4.69, 9.17) is 14.5 Å². The Morgan fingerprint density at radius 1 is 1.03 bits per heavy atom. The van der Waals surface area contributed by atoms with Crippen molar-refractivity contribution >= 4 is 22.5 Å². The molecule has 4 aromatic heterocycles. The molecule has 0 aliphatic heterocycles. The lowest BCUT2D eigenvalue weighted by Gasteiger charge is -2.29. The van der Waals surface area contributed by atoms with Crippen molar-refractivity contribution in [1.82, 2.24) is 24.6 Å². The molecule has 0 saturated heterocycles. The third-order valence-electron chi connectivity index (χ3n) is 5.80. The van der Waals surface area contributed by atoms with Crippen molar-refractivity contribution in [2.75, 3.05) is 25.6 Å². The molecule has 8 nitrogen and oxygen atoms in total. The minimum absolute atomic E-state index is 0.327. The van der Waals surface area contributed by atoms with Crippen molar-refractivity contribution in [2.24, 2.45) is 0 Å². The predicted molar refractivity (Wildman–Crippen MR) is 119 cm³/mol. The molecule has 1 N–H and O–H groups in total. The lowest BCUT2D eigenvalue weighted by Crippen LogP contribution is -2.31. The molecular formula is C23H26N6O2. The van der Waals surface area contributed by atoms with Gasteiger partial charge in [0.1, 0.15) is 0 Å². The molecule has 0 radical (unpaired) electrons. The fraction of sp³-hybridized carbons (Fsp3) is 0.391. The summed E-state index contributed by atoms with van der Waals surface area (Å²) in [5.41, 5.74) is 4.58. The molecule has 4 heterocycles. The molecule has 160 valence electrons. The second-order valence-electron chi connectivity index (χ2n) is 7.86. The van der Waals surface area contributed by atoms with E-state index in [2.05, 4.69) is 20.4 Å². The van der Waals surface area contributed by atoms with Crippen LogP contribution in [0.2, 0.25) is 0 Å². The Labute approximate surface area is 180 Å². The normalized spacial score (nSPS) is 19.1. The summed E-state index contributed by atoms with van der Waals surface area (Å²) >= 11 is 0. The van der Waals surface area contributed by atoms with Gasteiger partial charge in [-0.15, -0.1) is 5.10 Å². The third kappa shape index (κ3) is 4.35. The highest BCUT2D eigenvalue weighted by Gasteiger charge is 2.22. The van der Waals surface area contributed by atoms with Gasteiger partial charge in [0, 0.05) is 31.1 Å². The first-order valence-corrected chi connectivity index (χ1v) is 10.7. The van der Waals surface area contributed by atoms with Crippen LogP contribution >= 0.6 is 0 Å². The molecule has 0 spiro atoms. The Morgan fingerprint density at radius 2 is 1.94 bits per heavy atom. The largest absolute Gasteiger partial charge is 0.382 e. The first-order chi connectivity index (χ1) is 15.3. The summed E-state index contributed by atoms with van der Waals surface area (Å²) in [5.74, 6) is 0.647. The van der Waals surface area contributed by atoms with Gasteiger partial charge < -0.3 is 14.8 Å². The van der Waals surface area contributed by atoms with Gasteiger partial charge in [-0.3, -0.25) is 4.98 Å². The van der Waals surface area contributed by atoms with Crippen molar-refractivity contribution in [3.63, 3.8) is 0 Å². The topological polar surface area (TPSA) is 86.5 Å². The number of nitrogens with zero attached hydrogens (tertiary/aromatic N) is 5. The van der Waals surface area contributed by atoms with Gasteiger partial charge in [-0.1, -0.05) is 0 Å². The van der Waals surface area contributed by atoms with E-state index in [1.807, 2.05) is 47.2 Å². The van der Waals surface area contributed by atoms with Crippen LogP contribution < -0.4 is 5.32 Å². The summed E-state index contributed by atoms with van der Waals surface area (Å²) in [6.07, 6.45) is 10.1. The zero-order valence-electron chi connectivity index (χ0n) is 17.6. The number of pyridine rings is 2. The minimum Gasteiger partial charge on any atom is -0.382 e. The molecular weight excluding hydrogens is 392 g/mol. The quantitative estimate of drug-likeness (QED) is 0.458. The molecule has 1 aliphatic carbocycles. The van der Waals surface area contributed by atoms with Crippen LogP contribution in [0.1, 0.15) is 25.7 Å². The summed E-state index contributed by atoms with van der Waals surface area (Å²) in [6, 6.07) is 10.2. The molecule has 0 unspecified atom stereocenters. The van der Waals surface area contributed by atoms with E-state index in [1.54, 1.807) is 13.3 Å². The van der Waals surface area contributed by atoms with Crippen LogP contribution in [-0.4, -0.2) is 57.0 Å². The fourth-order valence-corrected chi connectivity index (χ4v) is 4.14. The van der Waals surface area contributed by atoms with Crippen LogP contribution in [0.25, 0.3) is 27.8 Å². The fourth-order valence-electron chi connectivity index (χ4n) is 4.14. The van der Waals surface area contributed by atoms with Gasteiger partial charge >= 0.3 is 0 Å². The number of nitrogens with one attached hydrogen (secondary N) is 1. The van der Waals surface area contributed by atoms with E-state index < -0.39 is 0 Å². The van der Waals surface area contributed by atoms with Gasteiger partial charge in [0.2, 0.25) is 5.95 Å². The van der Waals surface area contributed by atoms with Crippen LogP contribution in [0, 0.1) is 0 Å². The molecule has 1 saturated carbocycles. The Balaban J connectivity index is 1.27. The Kier molecular flexibility index (Phi) is 5.73. The summed E-state index contributed by atoms with van der Waals surface area (Å²) < 4.78 is 12.8. The number of hydrogen-bond acceptors (Lipinski definition) is 7. The van der Waals surface area contributed by atoms with Crippen molar-refractivity contribution in [3.05, 3.63) is 48.9 Å². The van der Waals surface area contributed by atoms with Gasteiger partial charge in [0.15, 0.2) is 0 Å².